The molecule has 2 rings (SSSR count). The molecule has 0 radical (unpaired) electrons. The summed E-state index contributed by atoms with van der Waals surface area (Å²) in [5.41, 5.74) is 8.59. The van der Waals surface area contributed by atoms with E-state index in [-0.39, 0.29) is 18.4 Å². The number of hydrogen-bond donors (Lipinski definition) is 1. The van der Waals surface area contributed by atoms with E-state index < -0.39 is 0 Å². The summed E-state index contributed by atoms with van der Waals surface area (Å²) in [7, 11) is 0. The van der Waals surface area contributed by atoms with Crippen LogP contribution in [0.2, 0.25) is 0 Å². The van der Waals surface area contributed by atoms with Crippen LogP contribution in [0.3, 0.4) is 0 Å². The molecular formula is C15H21ClN3OS-. The van der Waals surface area contributed by atoms with Gasteiger partial charge in [-0.25, -0.2) is 0 Å². The molecule has 1 heterocycles. The smallest absolute Gasteiger partial charge is 0.276 e. The second kappa shape index (κ2) is 8.41. The topological polar surface area (TPSA) is 64.9 Å². The van der Waals surface area contributed by atoms with Crippen molar-refractivity contribution < 1.29 is 16.8 Å². The molecule has 0 fully saturated rings. The molecule has 1 aromatic heterocycles. The van der Waals surface area contributed by atoms with Crippen LogP contribution in [0, 0.1) is 12.8 Å². The number of aromatic nitrogens is 2. The largest absolute Gasteiger partial charge is 1.00 e. The van der Waals surface area contributed by atoms with Gasteiger partial charge in [0.05, 0.1) is 6.04 Å². The van der Waals surface area contributed by atoms with E-state index in [9.17, 15) is 0 Å². The molecule has 0 bridgehead atoms. The van der Waals surface area contributed by atoms with E-state index in [1.165, 1.54) is 11.1 Å². The molecule has 2 N–H and O–H groups in total. The minimum absolute atomic E-state index is 0. The molecule has 2 atom stereocenters. The van der Waals surface area contributed by atoms with Crippen molar-refractivity contribution in [3.05, 3.63) is 41.3 Å². The highest BCUT2D eigenvalue weighted by atomic mass is 35.5. The summed E-state index contributed by atoms with van der Waals surface area (Å²) >= 11 is 1.54. The molecule has 4 nitrogen and oxygen atoms in total. The number of benzene rings is 1. The number of rotatable bonds is 6. The van der Waals surface area contributed by atoms with Crippen molar-refractivity contribution in [1.29, 1.82) is 0 Å². The maximum Gasteiger partial charge on any atom is 0.276 e. The average molecular weight is 327 g/mol. The number of aryl methyl sites for hydroxylation is 1. The molecule has 0 amide bonds. The van der Waals surface area contributed by atoms with Crippen LogP contribution in [0.1, 0.15) is 43.3 Å². The van der Waals surface area contributed by atoms with Crippen LogP contribution in [0.5, 0.6) is 0 Å². The van der Waals surface area contributed by atoms with E-state index in [2.05, 4.69) is 55.2 Å². The SMILES string of the molecule is CCC(C)[C@H](N)c1nnc(SCc2ccc(C)cc2)o1.[Cl-]. The third kappa shape index (κ3) is 5.02. The van der Waals surface area contributed by atoms with Gasteiger partial charge in [0.25, 0.3) is 5.22 Å². The van der Waals surface area contributed by atoms with Crippen molar-refractivity contribution in [1.82, 2.24) is 10.2 Å². The van der Waals surface area contributed by atoms with E-state index in [1.54, 1.807) is 11.8 Å². The Morgan fingerprint density at radius 3 is 2.52 bits per heavy atom. The molecular weight excluding hydrogens is 306 g/mol. The average Bonchev–Trinajstić information content (AvgIpc) is 2.94. The van der Waals surface area contributed by atoms with Crippen LogP contribution < -0.4 is 18.1 Å². The highest BCUT2D eigenvalue weighted by Gasteiger charge is 2.19. The van der Waals surface area contributed by atoms with Crippen molar-refractivity contribution in [3.8, 4) is 0 Å². The summed E-state index contributed by atoms with van der Waals surface area (Å²) in [5, 5.41) is 8.68. The number of thioether (sulfide) groups is 1. The van der Waals surface area contributed by atoms with E-state index in [4.69, 9.17) is 10.2 Å². The highest BCUT2D eigenvalue weighted by Crippen LogP contribution is 2.26. The second-order valence-corrected chi connectivity index (χ2v) is 6.02. The van der Waals surface area contributed by atoms with Gasteiger partial charge in [-0.3, -0.25) is 0 Å². The summed E-state index contributed by atoms with van der Waals surface area (Å²) < 4.78 is 5.63. The Kier molecular flexibility index (Phi) is 7.22. The van der Waals surface area contributed by atoms with Crippen LogP contribution >= 0.6 is 11.8 Å². The molecule has 0 spiro atoms. The lowest BCUT2D eigenvalue weighted by atomic mass is 10.0. The zero-order valence-corrected chi connectivity index (χ0v) is 14.1. The lowest BCUT2D eigenvalue weighted by Crippen LogP contribution is -3.00. The molecule has 116 valence electrons. The quantitative estimate of drug-likeness (QED) is 0.792. The second-order valence-electron chi connectivity index (χ2n) is 5.09. The third-order valence-corrected chi connectivity index (χ3v) is 4.34. The van der Waals surface area contributed by atoms with Gasteiger partial charge in [-0.1, -0.05) is 61.9 Å². The molecule has 1 aromatic carbocycles. The lowest BCUT2D eigenvalue weighted by molar-refractivity contribution is -0.00000504. The fourth-order valence-electron chi connectivity index (χ4n) is 1.74. The van der Waals surface area contributed by atoms with Gasteiger partial charge in [0, 0.05) is 5.75 Å². The minimum Gasteiger partial charge on any atom is -1.00 e. The summed E-state index contributed by atoms with van der Waals surface area (Å²) in [6.45, 7) is 6.28. The summed E-state index contributed by atoms with van der Waals surface area (Å²) in [6, 6.07) is 8.26. The first kappa shape index (κ1) is 18.0. The van der Waals surface area contributed by atoms with Crippen LogP contribution in [0.15, 0.2) is 33.9 Å². The molecule has 0 aliphatic rings. The zero-order valence-electron chi connectivity index (χ0n) is 12.5. The normalized spacial score (nSPS) is 13.5. The van der Waals surface area contributed by atoms with Gasteiger partial charge < -0.3 is 22.6 Å². The van der Waals surface area contributed by atoms with Gasteiger partial charge in [-0.2, -0.15) is 0 Å². The predicted octanol–water partition coefficient (Wildman–Crippen LogP) is 0.720. The molecule has 0 saturated carbocycles. The Hall–Kier alpha value is -1.04. The third-order valence-electron chi connectivity index (χ3n) is 3.45. The van der Waals surface area contributed by atoms with E-state index >= 15 is 0 Å². The Bertz CT molecular complexity index is 544. The monoisotopic (exact) mass is 326 g/mol. The maximum absolute atomic E-state index is 6.08. The van der Waals surface area contributed by atoms with Gasteiger partial charge in [0.1, 0.15) is 0 Å². The predicted molar refractivity (Wildman–Crippen MR) is 81.4 cm³/mol. The number of nitrogens with two attached hydrogens (primary N) is 1. The molecule has 0 aliphatic heterocycles. The standard InChI is InChI=1S/C15H21N3OS.ClH/c1-4-11(3)13(16)14-17-18-15(19-14)20-9-12-7-5-10(2)6-8-12;/h5-8,11,13H,4,9,16H2,1-3H3;1H/p-1/t11?,13-;/m0./s1. The lowest BCUT2D eigenvalue weighted by Gasteiger charge is -2.13. The molecule has 0 aliphatic carbocycles. The Balaban J connectivity index is 0.00000220. The van der Waals surface area contributed by atoms with Crippen molar-refractivity contribution in [3.63, 3.8) is 0 Å². The highest BCUT2D eigenvalue weighted by molar-refractivity contribution is 7.98. The number of nitrogens with zero attached hydrogens (tertiary/aromatic N) is 2. The first-order valence-electron chi connectivity index (χ1n) is 6.87. The molecule has 2 aromatic rings. The number of hydrogen-bond acceptors (Lipinski definition) is 5. The van der Waals surface area contributed by atoms with Gasteiger partial charge in [-0.15, -0.1) is 10.2 Å². The first-order valence-corrected chi connectivity index (χ1v) is 7.86. The van der Waals surface area contributed by atoms with Crippen LogP contribution in [0.25, 0.3) is 0 Å². The van der Waals surface area contributed by atoms with E-state index in [1.807, 2.05) is 0 Å². The van der Waals surface area contributed by atoms with Crippen molar-refractivity contribution >= 4 is 11.8 Å². The number of halogens is 1. The van der Waals surface area contributed by atoms with Gasteiger partial charge in [-0.05, 0) is 18.4 Å². The molecule has 0 saturated heterocycles. The van der Waals surface area contributed by atoms with Crippen molar-refractivity contribution in [2.45, 2.75) is 44.2 Å². The van der Waals surface area contributed by atoms with Gasteiger partial charge in [0.2, 0.25) is 5.89 Å². The maximum atomic E-state index is 6.08. The summed E-state index contributed by atoms with van der Waals surface area (Å²) in [4.78, 5) is 0. The van der Waals surface area contributed by atoms with Crippen molar-refractivity contribution in [2.24, 2.45) is 11.7 Å². The van der Waals surface area contributed by atoms with E-state index in [0.29, 0.717) is 17.0 Å². The molecule has 6 heteroatoms. The van der Waals surface area contributed by atoms with Gasteiger partial charge >= 0.3 is 0 Å². The Morgan fingerprint density at radius 2 is 1.90 bits per heavy atom. The molecule has 1 unspecified atom stereocenters. The van der Waals surface area contributed by atoms with Crippen LogP contribution in [-0.4, -0.2) is 10.2 Å². The zero-order chi connectivity index (χ0) is 14.5. The molecule has 21 heavy (non-hydrogen) atoms. The van der Waals surface area contributed by atoms with Crippen molar-refractivity contribution in [2.75, 3.05) is 0 Å². The van der Waals surface area contributed by atoms with Gasteiger partial charge in [0.15, 0.2) is 0 Å². The first-order chi connectivity index (χ1) is 9.60. The van der Waals surface area contributed by atoms with E-state index in [0.717, 1.165) is 12.2 Å². The Morgan fingerprint density at radius 1 is 1.24 bits per heavy atom. The Labute approximate surface area is 136 Å². The summed E-state index contributed by atoms with van der Waals surface area (Å²) in [6.07, 6.45) is 0.995. The fraction of sp³-hybridized carbons (Fsp3) is 0.467. The minimum atomic E-state index is -0.179. The van der Waals surface area contributed by atoms with Crippen LogP contribution in [-0.2, 0) is 5.75 Å². The fourth-order valence-corrected chi connectivity index (χ4v) is 2.47. The summed E-state index contributed by atoms with van der Waals surface area (Å²) in [5.74, 6) is 1.69. The van der Waals surface area contributed by atoms with Crippen LogP contribution in [0.4, 0.5) is 0 Å².